The van der Waals surface area contributed by atoms with Gasteiger partial charge in [0.05, 0.1) is 23.3 Å². The molecule has 0 fully saturated rings. The van der Waals surface area contributed by atoms with Gasteiger partial charge in [-0.15, -0.1) is 0 Å². The van der Waals surface area contributed by atoms with Gasteiger partial charge in [0.25, 0.3) is 0 Å². The first-order valence-electron chi connectivity index (χ1n) is 5.04. The highest BCUT2D eigenvalue weighted by molar-refractivity contribution is 5.56. The van der Waals surface area contributed by atoms with E-state index in [0.29, 0.717) is 6.07 Å². The summed E-state index contributed by atoms with van der Waals surface area (Å²) in [5.41, 5.74) is -1.63. The van der Waals surface area contributed by atoms with Crippen LogP contribution < -0.4 is 5.32 Å². The summed E-state index contributed by atoms with van der Waals surface area (Å²) in [7, 11) is 0. The van der Waals surface area contributed by atoms with Crippen LogP contribution in [-0.4, -0.2) is 34.4 Å². The zero-order valence-electron chi connectivity index (χ0n) is 9.48. The third-order valence-electron chi connectivity index (χ3n) is 2.34. The van der Waals surface area contributed by atoms with Crippen molar-refractivity contribution in [3.63, 3.8) is 0 Å². The zero-order valence-corrected chi connectivity index (χ0v) is 9.48. The van der Waals surface area contributed by atoms with E-state index in [4.69, 9.17) is 10.2 Å². The van der Waals surface area contributed by atoms with Crippen LogP contribution in [0.1, 0.15) is 5.56 Å². The molecular weight excluding hydrogens is 250 g/mol. The highest BCUT2D eigenvalue weighted by Gasteiger charge is 2.22. The Labute approximate surface area is 101 Å². The van der Waals surface area contributed by atoms with E-state index < -0.39 is 40.5 Å². The lowest BCUT2D eigenvalue weighted by molar-refractivity contribution is -0.387. The maximum Gasteiger partial charge on any atom is 0.307 e. The molecule has 0 saturated carbocycles. The fraction of sp³-hybridized carbons (Fsp3) is 0.400. The van der Waals surface area contributed by atoms with Crippen molar-refractivity contribution >= 4 is 11.4 Å². The Hall–Kier alpha value is -1.80. The second kappa shape index (κ2) is 5.69. The van der Waals surface area contributed by atoms with E-state index in [1.165, 1.54) is 0 Å². The van der Waals surface area contributed by atoms with E-state index in [-0.39, 0.29) is 12.2 Å². The average Bonchev–Trinajstić information content (AvgIpc) is 2.34. The van der Waals surface area contributed by atoms with Crippen molar-refractivity contribution < 1.29 is 23.9 Å². The lowest BCUT2D eigenvalue weighted by Gasteiger charge is -2.12. The van der Waals surface area contributed by atoms with Crippen molar-refractivity contribution in [3.8, 4) is 0 Å². The number of benzene rings is 1. The summed E-state index contributed by atoms with van der Waals surface area (Å²) in [4.78, 5) is 9.59. The van der Waals surface area contributed by atoms with E-state index in [9.17, 15) is 18.9 Å². The minimum atomic E-state index is -1.23. The molecule has 0 aromatic heterocycles. The van der Waals surface area contributed by atoms with Gasteiger partial charge in [0.2, 0.25) is 5.82 Å². The molecule has 18 heavy (non-hydrogen) atoms. The van der Waals surface area contributed by atoms with Gasteiger partial charge in [-0.05, 0) is 6.92 Å². The van der Waals surface area contributed by atoms with Gasteiger partial charge in [-0.2, -0.15) is 4.39 Å². The van der Waals surface area contributed by atoms with Crippen LogP contribution >= 0.6 is 0 Å². The molecular formula is C10H12F2N2O4. The maximum absolute atomic E-state index is 13.6. The Morgan fingerprint density at radius 1 is 1.50 bits per heavy atom. The van der Waals surface area contributed by atoms with E-state index in [1.54, 1.807) is 0 Å². The first-order valence-corrected chi connectivity index (χ1v) is 5.04. The molecule has 1 aromatic rings. The molecule has 0 aliphatic heterocycles. The predicted octanol–water partition coefficient (Wildman–Crippen LogP) is 0.947. The number of nitro benzene ring substituents is 1. The molecule has 0 aliphatic rings. The number of aliphatic hydroxyl groups is 2. The number of halogens is 2. The Morgan fingerprint density at radius 3 is 2.61 bits per heavy atom. The van der Waals surface area contributed by atoms with Gasteiger partial charge in [-0.25, -0.2) is 4.39 Å². The monoisotopic (exact) mass is 262 g/mol. The van der Waals surface area contributed by atoms with E-state index >= 15 is 0 Å². The normalized spacial score (nSPS) is 12.3. The number of rotatable bonds is 5. The van der Waals surface area contributed by atoms with Gasteiger partial charge in [0.1, 0.15) is 0 Å². The molecule has 0 aliphatic carbocycles. The lowest BCUT2D eigenvalue weighted by Crippen LogP contribution is -2.23. The summed E-state index contributed by atoms with van der Waals surface area (Å²) in [5.74, 6) is -2.20. The number of hydrogen-bond acceptors (Lipinski definition) is 5. The fourth-order valence-corrected chi connectivity index (χ4v) is 1.31. The maximum atomic E-state index is 13.6. The average molecular weight is 262 g/mol. The molecule has 1 unspecified atom stereocenters. The summed E-state index contributed by atoms with van der Waals surface area (Å²) in [6, 6.07) is 0.710. The third kappa shape index (κ3) is 2.90. The van der Waals surface area contributed by atoms with Gasteiger partial charge in [-0.1, -0.05) is 0 Å². The molecule has 0 radical (unpaired) electrons. The number of aliphatic hydroxyl groups excluding tert-OH is 2. The van der Waals surface area contributed by atoms with Gasteiger partial charge in [-0.3, -0.25) is 10.1 Å². The van der Waals surface area contributed by atoms with Crippen LogP contribution in [0.5, 0.6) is 0 Å². The zero-order chi connectivity index (χ0) is 13.9. The summed E-state index contributed by atoms with van der Waals surface area (Å²) in [6.45, 7) is 0.317. The van der Waals surface area contributed by atoms with Gasteiger partial charge >= 0.3 is 5.69 Å². The van der Waals surface area contributed by atoms with Crippen molar-refractivity contribution in [2.45, 2.75) is 13.0 Å². The Morgan fingerprint density at radius 2 is 2.11 bits per heavy atom. The number of nitrogens with one attached hydrogen (secondary N) is 1. The number of nitro groups is 1. The van der Waals surface area contributed by atoms with Crippen molar-refractivity contribution in [3.05, 3.63) is 33.4 Å². The van der Waals surface area contributed by atoms with Crippen LogP contribution in [0.25, 0.3) is 0 Å². The minimum absolute atomic E-state index is 0.213. The van der Waals surface area contributed by atoms with E-state index in [0.717, 1.165) is 6.92 Å². The first kappa shape index (κ1) is 14.3. The number of anilines is 1. The van der Waals surface area contributed by atoms with E-state index in [2.05, 4.69) is 5.32 Å². The molecule has 0 bridgehead atoms. The summed E-state index contributed by atoms with van der Waals surface area (Å²) >= 11 is 0. The molecule has 3 N–H and O–H groups in total. The molecule has 0 spiro atoms. The topological polar surface area (TPSA) is 95.6 Å². The van der Waals surface area contributed by atoms with Crippen LogP contribution in [0.2, 0.25) is 0 Å². The van der Waals surface area contributed by atoms with Gasteiger partial charge in [0.15, 0.2) is 5.82 Å². The third-order valence-corrected chi connectivity index (χ3v) is 2.34. The van der Waals surface area contributed by atoms with Crippen molar-refractivity contribution in [2.75, 3.05) is 18.5 Å². The molecule has 1 rings (SSSR count). The summed E-state index contributed by atoms with van der Waals surface area (Å²) in [6.07, 6.45) is -1.14. The van der Waals surface area contributed by atoms with Gasteiger partial charge < -0.3 is 15.5 Å². The first-order chi connectivity index (χ1) is 8.38. The second-order valence-electron chi connectivity index (χ2n) is 3.67. The second-order valence-corrected chi connectivity index (χ2v) is 3.67. The fourth-order valence-electron chi connectivity index (χ4n) is 1.31. The summed E-state index contributed by atoms with van der Waals surface area (Å²) in [5, 5.41) is 30.6. The molecule has 0 saturated heterocycles. The van der Waals surface area contributed by atoms with Crippen LogP contribution in [0.3, 0.4) is 0 Å². The molecule has 0 heterocycles. The number of nitrogens with zero attached hydrogens (tertiary/aromatic N) is 1. The largest absolute Gasteiger partial charge is 0.394 e. The lowest BCUT2D eigenvalue weighted by atomic mass is 10.1. The number of hydrogen-bond donors (Lipinski definition) is 3. The highest BCUT2D eigenvalue weighted by Crippen LogP contribution is 2.28. The molecule has 100 valence electrons. The van der Waals surface area contributed by atoms with Crippen molar-refractivity contribution in [1.82, 2.24) is 0 Å². The highest BCUT2D eigenvalue weighted by atomic mass is 19.1. The smallest absolute Gasteiger partial charge is 0.307 e. The Kier molecular flexibility index (Phi) is 4.51. The Bertz CT molecular complexity index is 468. The predicted molar refractivity (Wildman–Crippen MR) is 59.3 cm³/mol. The van der Waals surface area contributed by atoms with Gasteiger partial charge in [0, 0.05) is 18.2 Å². The Balaban J connectivity index is 3.08. The summed E-state index contributed by atoms with van der Waals surface area (Å²) < 4.78 is 27.0. The molecule has 8 heteroatoms. The van der Waals surface area contributed by atoms with Crippen LogP contribution in [-0.2, 0) is 0 Å². The van der Waals surface area contributed by atoms with Crippen LogP contribution in [0.15, 0.2) is 6.07 Å². The van der Waals surface area contributed by atoms with Crippen LogP contribution in [0.4, 0.5) is 20.2 Å². The molecule has 0 amide bonds. The van der Waals surface area contributed by atoms with Crippen molar-refractivity contribution in [1.29, 1.82) is 0 Å². The molecule has 1 aromatic carbocycles. The van der Waals surface area contributed by atoms with Crippen molar-refractivity contribution in [2.24, 2.45) is 0 Å². The van der Waals surface area contributed by atoms with Crippen LogP contribution in [0, 0.1) is 28.7 Å². The SMILES string of the molecule is Cc1c(F)c(NCC(O)CO)cc([N+](=O)[O-])c1F. The molecule has 1 atom stereocenters. The molecule has 6 nitrogen and oxygen atoms in total. The minimum Gasteiger partial charge on any atom is -0.394 e. The standard InChI is InChI=1S/C10H12F2N2O4/c1-5-9(11)7(13-3-6(16)4-15)2-8(10(5)12)14(17)18/h2,6,13,15-16H,3-4H2,1H3. The quantitative estimate of drug-likeness (QED) is 0.542. The van der Waals surface area contributed by atoms with E-state index in [1.807, 2.05) is 0 Å².